The molecular formula is C15H17ClN4O4S2. The maximum Gasteiger partial charge on any atom is 0.407 e. The molecule has 1 aliphatic rings. The summed E-state index contributed by atoms with van der Waals surface area (Å²) < 4.78 is 27.6. The highest BCUT2D eigenvalue weighted by molar-refractivity contribution is 7.92. The summed E-state index contributed by atoms with van der Waals surface area (Å²) in [5.41, 5.74) is 2.06. The Morgan fingerprint density at radius 2 is 2.27 bits per heavy atom. The molecule has 2 aromatic rings. The van der Waals surface area contributed by atoms with E-state index in [9.17, 15) is 13.2 Å². The van der Waals surface area contributed by atoms with E-state index in [1.165, 1.54) is 27.8 Å². The minimum Gasteiger partial charge on any atom is -0.465 e. The number of carbonyl (C=O) groups is 1. The smallest absolute Gasteiger partial charge is 0.407 e. The number of anilines is 2. The van der Waals surface area contributed by atoms with E-state index in [4.69, 9.17) is 16.7 Å². The first kappa shape index (κ1) is 18.7. The fourth-order valence-corrected chi connectivity index (χ4v) is 5.08. The first-order valence-corrected chi connectivity index (χ1v) is 10.5. The van der Waals surface area contributed by atoms with Crippen molar-refractivity contribution < 1.29 is 18.3 Å². The zero-order valence-corrected chi connectivity index (χ0v) is 16.2. The largest absolute Gasteiger partial charge is 0.465 e. The summed E-state index contributed by atoms with van der Waals surface area (Å²) >= 11 is 7.67. The second-order valence-corrected chi connectivity index (χ2v) is 8.60. The standard InChI is InChI=1S/C15H17ClN4O4S2/c1-19(10-5-6-20(7-10)15(21)22)11-3-2-4-12(14(11)16)26(23,24)18-13-8-25-9-17-13/h2-4,8-10,18H,5-7H2,1H3,(H,21,22)/t10-/m0/s1. The highest BCUT2D eigenvalue weighted by Gasteiger charge is 2.31. The molecule has 1 aromatic carbocycles. The second kappa shape index (κ2) is 7.29. The highest BCUT2D eigenvalue weighted by atomic mass is 35.5. The van der Waals surface area contributed by atoms with Crippen LogP contribution in [-0.4, -0.2) is 55.7 Å². The van der Waals surface area contributed by atoms with Crippen LogP contribution in [0.2, 0.25) is 5.02 Å². The number of hydrogen-bond donors (Lipinski definition) is 2. The molecule has 11 heteroatoms. The van der Waals surface area contributed by atoms with Crippen LogP contribution in [-0.2, 0) is 10.0 Å². The van der Waals surface area contributed by atoms with E-state index in [1.807, 2.05) is 4.90 Å². The average Bonchev–Trinajstić information content (AvgIpc) is 3.25. The van der Waals surface area contributed by atoms with Crippen molar-refractivity contribution in [2.45, 2.75) is 17.4 Å². The average molecular weight is 417 g/mol. The van der Waals surface area contributed by atoms with E-state index in [1.54, 1.807) is 24.6 Å². The molecule has 140 valence electrons. The van der Waals surface area contributed by atoms with E-state index >= 15 is 0 Å². The van der Waals surface area contributed by atoms with Crippen LogP contribution in [0.1, 0.15) is 6.42 Å². The summed E-state index contributed by atoms with van der Waals surface area (Å²) in [6.45, 7) is 0.779. The Bertz CT molecular complexity index is 904. The summed E-state index contributed by atoms with van der Waals surface area (Å²) in [6.07, 6.45) is -0.316. The topological polar surface area (TPSA) is 103 Å². The third-order valence-electron chi connectivity index (χ3n) is 4.27. The van der Waals surface area contributed by atoms with Gasteiger partial charge >= 0.3 is 6.09 Å². The van der Waals surface area contributed by atoms with Crippen molar-refractivity contribution in [2.75, 3.05) is 29.8 Å². The number of rotatable bonds is 5. The zero-order chi connectivity index (χ0) is 18.9. The van der Waals surface area contributed by atoms with Crippen molar-refractivity contribution in [3.05, 3.63) is 34.1 Å². The minimum absolute atomic E-state index is 0.0513. The minimum atomic E-state index is -3.89. The first-order valence-electron chi connectivity index (χ1n) is 7.70. The molecule has 1 aliphatic heterocycles. The van der Waals surface area contributed by atoms with Crippen LogP contribution in [0.25, 0.3) is 0 Å². The van der Waals surface area contributed by atoms with Gasteiger partial charge in [-0.1, -0.05) is 17.7 Å². The van der Waals surface area contributed by atoms with Gasteiger partial charge in [0.25, 0.3) is 10.0 Å². The van der Waals surface area contributed by atoms with Gasteiger partial charge in [0.15, 0.2) is 5.82 Å². The molecule has 26 heavy (non-hydrogen) atoms. The molecule has 2 N–H and O–H groups in total. The lowest BCUT2D eigenvalue weighted by Gasteiger charge is -2.28. The summed E-state index contributed by atoms with van der Waals surface area (Å²) in [5, 5.41) is 10.8. The molecule has 0 unspecified atom stereocenters. The Morgan fingerprint density at radius 3 is 2.88 bits per heavy atom. The van der Waals surface area contributed by atoms with Crippen molar-refractivity contribution >= 4 is 50.6 Å². The number of likely N-dealkylation sites (tertiary alicyclic amines) is 1. The number of sulfonamides is 1. The molecule has 0 aliphatic carbocycles. The molecule has 1 saturated heterocycles. The van der Waals surface area contributed by atoms with Gasteiger partial charge in [-0.3, -0.25) is 4.72 Å². The Morgan fingerprint density at radius 1 is 1.50 bits per heavy atom. The SMILES string of the molecule is CN(c1cccc(S(=O)(=O)Nc2cscn2)c1Cl)[C@H]1CCN(C(=O)O)C1. The van der Waals surface area contributed by atoms with E-state index in [2.05, 4.69) is 9.71 Å². The van der Waals surface area contributed by atoms with E-state index < -0.39 is 16.1 Å². The van der Waals surface area contributed by atoms with Crippen LogP contribution in [0.3, 0.4) is 0 Å². The van der Waals surface area contributed by atoms with E-state index in [0.29, 0.717) is 25.2 Å². The predicted octanol–water partition coefficient (Wildman–Crippen LogP) is 2.79. The maximum atomic E-state index is 12.6. The van der Waals surface area contributed by atoms with Gasteiger partial charge in [-0.25, -0.2) is 18.2 Å². The summed E-state index contributed by atoms with van der Waals surface area (Å²) in [7, 11) is -2.11. The Kier molecular flexibility index (Phi) is 5.26. The first-order chi connectivity index (χ1) is 12.3. The molecule has 1 fully saturated rings. The predicted molar refractivity (Wildman–Crippen MR) is 101 cm³/mol. The molecule has 8 nitrogen and oxygen atoms in total. The lowest BCUT2D eigenvalue weighted by atomic mass is 10.2. The van der Waals surface area contributed by atoms with Gasteiger partial charge in [-0.2, -0.15) is 0 Å². The molecular weight excluding hydrogens is 400 g/mol. The number of nitrogens with one attached hydrogen (secondary N) is 1. The van der Waals surface area contributed by atoms with Gasteiger partial charge in [0.05, 0.1) is 16.2 Å². The van der Waals surface area contributed by atoms with Crippen LogP contribution < -0.4 is 9.62 Å². The van der Waals surface area contributed by atoms with Gasteiger partial charge in [-0.15, -0.1) is 11.3 Å². The molecule has 1 amide bonds. The summed E-state index contributed by atoms with van der Waals surface area (Å²) in [6, 6.07) is 4.67. The van der Waals surface area contributed by atoms with Crippen molar-refractivity contribution in [3.8, 4) is 0 Å². The molecule has 0 spiro atoms. The van der Waals surface area contributed by atoms with Crippen molar-refractivity contribution in [2.24, 2.45) is 0 Å². The summed E-state index contributed by atoms with van der Waals surface area (Å²) in [5.74, 6) is 0.234. The third-order valence-corrected chi connectivity index (χ3v) is 6.76. The van der Waals surface area contributed by atoms with Gasteiger partial charge in [0.2, 0.25) is 0 Å². The highest BCUT2D eigenvalue weighted by Crippen LogP contribution is 2.34. The van der Waals surface area contributed by atoms with Crippen LogP contribution in [0.15, 0.2) is 34.0 Å². The zero-order valence-electron chi connectivity index (χ0n) is 13.8. The van der Waals surface area contributed by atoms with Gasteiger partial charge in [0, 0.05) is 31.6 Å². The van der Waals surface area contributed by atoms with Crippen LogP contribution in [0.5, 0.6) is 0 Å². The molecule has 1 atom stereocenters. The molecule has 0 bridgehead atoms. The summed E-state index contributed by atoms with van der Waals surface area (Å²) in [4.78, 5) is 18.1. The molecule has 0 saturated carbocycles. The van der Waals surface area contributed by atoms with E-state index in [-0.39, 0.29) is 21.8 Å². The van der Waals surface area contributed by atoms with Crippen LogP contribution in [0.4, 0.5) is 16.3 Å². The van der Waals surface area contributed by atoms with Gasteiger partial charge < -0.3 is 14.9 Å². The van der Waals surface area contributed by atoms with Gasteiger partial charge in [0.1, 0.15) is 4.90 Å². The third kappa shape index (κ3) is 3.71. The van der Waals surface area contributed by atoms with Crippen LogP contribution in [0, 0.1) is 0 Å². The number of thiazole rings is 1. The molecule has 2 heterocycles. The quantitative estimate of drug-likeness (QED) is 0.776. The van der Waals surface area contributed by atoms with Crippen molar-refractivity contribution in [1.82, 2.24) is 9.88 Å². The lowest BCUT2D eigenvalue weighted by molar-refractivity contribution is 0.155. The van der Waals surface area contributed by atoms with Crippen molar-refractivity contribution in [1.29, 1.82) is 0 Å². The number of likely N-dealkylation sites (N-methyl/N-ethyl adjacent to an activating group) is 1. The lowest BCUT2D eigenvalue weighted by Crippen LogP contribution is -2.36. The maximum absolute atomic E-state index is 12.6. The Hall–Kier alpha value is -2.04. The number of carboxylic acid groups (broad SMARTS) is 1. The number of halogens is 1. The van der Waals surface area contributed by atoms with Gasteiger partial charge in [-0.05, 0) is 18.6 Å². The Labute approximate surface area is 160 Å². The fourth-order valence-electron chi connectivity index (χ4n) is 2.86. The molecule has 1 aromatic heterocycles. The number of amides is 1. The molecule has 0 radical (unpaired) electrons. The van der Waals surface area contributed by atoms with Crippen molar-refractivity contribution in [3.63, 3.8) is 0 Å². The molecule has 3 rings (SSSR count). The monoisotopic (exact) mass is 416 g/mol. The number of benzene rings is 1. The van der Waals surface area contributed by atoms with E-state index in [0.717, 1.165) is 0 Å². The van der Waals surface area contributed by atoms with Crippen LogP contribution >= 0.6 is 22.9 Å². The number of hydrogen-bond acceptors (Lipinski definition) is 6. The number of aromatic nitrogens is 1. The fraction of sp³-hybridized carbons (Fsp3) is 0.333. The Balaban J connectivity index is 1.86. The normalized spacial score (nSPS) is 17.3. The number of nitrogens with zero attached hydrogens (tertiary/aromatic N) is 3. The second-order valence-electron chi connectivity index (χ2n) is 5.85.